The van der Waals surface area contributed by atoms with Crippen LogP contribution in [0.4, 0.5) is 11.6 Å². The lowest BCUT2D eigenvalue weighted by Gasteiger charge is -2.23. The molecule has 0 unspecified atom stereocenters. The molecule has 1 aliphatic rings. The number of fused-ring (bicyclic) bond motifs is 1. The number of carbonyl (C=O) groups excluding carboxylic acids is 1. The van der Waals surface area contributed by atoms with Gasteiger partial charge in [-0.1, -0.05) is 44.1 Å². The maximum Gasteiger partial charge on any atom is 0.246 e. The average molecular weight is 313 g/mol. The highest BCUT2D eigenvalue weighted by Crippen LogP contribution is 2.31. The first-order valence-electron chi connectivity index (χ1n) is 7.96. The molecule has 1 amide bonds. The fourth-order valence-corrected chi connectivity index (χ4v) is 2.89. The molecule has 122 valence electrons. The number of hydrogen-bond acceptors (Lipinski definition) is 4. The lowest BCUT2D eigenvalue weighted by Crippen LogP contribution is -2.37. The maximum atomic E-state index is 12.3. The number of rotatable bonds is 3. The van der Waals surface area contributed by atoms with E-state index >= 15 is 0 Å². The lowest BCUT2D eigenvalue weighted by molar-refractivity contribution is -0.115. The zero-order valence-corrected chi connectivity index (χ0v) is 14.1. The molecule has 2 heterocycles. The monoisotopic (exact) mass is 313 g/mol. The van der Waals surface area contributed by atoms with Crippen molar-refractivity contribution in [3.05, 3.63) is 41.6 Å². The Labute approximate surface area is 136 Å². The minimum atomic E-state index is -0.102. The van der Waals surface area contributed by atoms with E-state index in [0.29, 0.717) is 18.5 Å². The van der Waals surface area contributed by atoms with Crippen LogP contribution in [0.1, 0.15) is 39.0 Å². The third kappa shape index (κ3) is 3.23. The summed E-state index contributed by atoms with van der Waals surface area (Å²) in [5.41, 5.74) is 3.16. The van der Waals surface area contributed by atoms with E-state index in [1.54, 1.807) is 6.07 Å². The summed E-state index contributed by atoms with van der Waals surface area (Å²) in [4.78, 5) is 14.5. The van der Waals surface area contributed by atoms with Gasteiger partial charge in [-0.15, -0.1) is 0 Å². The zero-order chi connectivity index (χ0) is 16.6. The molecule has 5 heteroatoms. The van der Waals surface area contributed by atoms with Crippen molar-refractivity contribution in [2.75, 3.05) is 16.8 Å². The topological polar surface area (TPSA) is 58.4 Å². The smallest absolute Gasteiger partial charge is 0.246 e. The molecule has 2 aromatic rings. The Bertz CT molecular complexity index is 715. The second-order valence-electron chi connectivity index (χ2n) is 7.18. The highest BCUT2D eigenvalue weighted by molar-refractivity contribution is 5.93. The predicted octanol–water partition coefficient (Wildman–Crippen LogP) is 3.36. The molecule has 1 aliphatic heterocycles. The van der Waals surface area contributed by atoms with Crippen molar-refractivity contribution in [1.29, 1.82) is 0 Å². The van der Waals surface area contributed by atoms with Gasteiger partial charge in [-0.3, -0.25) is 10.1 Å². The number of anilines is 2. The molecule has 1 N–H and O–H groups in total. The van der Waals surface area contributed by atoms with E-state index in [2.05, 4.69) is 55.2 Å². The van der Waals surface area contributed by atoms with Crippen LogP contribution in [0.15, 0.2) is 34.9 Å². The van der Waals surface area contributed by atoms with Crippen molar-refractivity contribution >= 4 is 17.5 Å². The summed E-state index contributed by atoms with van der Waals surface area (Å²) in [7, 11) is 0. The minimum Gasteiger partial charge on any atom is -0.359 e. The fourth-order valence-electron chi connectivity index (χ4n) is 2.89. The quantitative estimate of drug-likeness (QED) is 0.944. The standard InChI is InChI=1S/C18H23N3O2/c1-12-9-13-7-5-6-8-14(13)21(12)11-16(22)19-17-10-15(20-23-17)18(2,3)4/h5-8,10,12H,9,11H2,1-4H3,(H,19,22)/t12-/m1/s1. The summed E-state index contributed by atoms with van der Waals surface area (Å²) in [6, 6.07) is 10.3. The van der Waals surface area contributed by atoms with Crippen LogP contribution in [0.25, 0.3) is 0 Å². The summed E-state index contributed by atoms with van der Waals surface area (Å²) in [6.07, 6.45) is 0.972. The Morgan fingerprint density at radius 2 is 2.13 bits per heavy atom. The lowest BCUT2D eigenvalue weighted by atomic mass is 9.92. The van der Waals surface area contributed by atoms with Gasteiger partial charge in [0.25, 0.3) is 0 Å². The van der Waals surface area contributed by atoms with Crippen LogP contribution in [-0.4, -0.2) is 23.7 Å². The van der Waals surface area contributed by atoms with E-state index in [0.717, 1.165) is 17.8 Å². The third-order valence-electron chi connectivity index (χ3n) is 4.20. The number of benzene rings is 1. The molecular weight excluding hydrogens is 290 g/mol. The molecule has 1 atom stereocenters. The number of aromatic nitrogens is 1. The van der Waals surface area contributed by atoms with Gasteiger partial charge >= 0.3 is 0 Å². The number of amides is 1. The second-order valence-corrected chi connectivity index (χ2v) is 7.18. The first-order valence-corrected chi connectivity index (χ1v) is 7.96. The average Bonchev–Trinajstić information content (AvgIpc) is 3.04. The summed E-state index contributed by atoms with van der Waals surface area (Å²) in [6.45, 7) is 8.61. The van der Waals surface area contributed by atoms with E-state index in [9.17, 15) is 4.79 Å². The van der Waals surface area contributed by atoms with Crippen molar-refractivity contribution in [3.8, 4) is 0 Å². The van der Waals surface area contributed by atoms with Crippen LogP contribution in [0, 0.1) is 0 Å². The molecule has 0 fully saturated rings. The van der Waals surface area contributed by atoms with Crippen molar-refractivity contribution in [3.63, 3.8) is 0 Å². The van der Waals surface area contributed by atoms with Crippen LogP contribution < -0.4 is 10.2 Å². The molecule has 3 rings (SSSR count). The fraction of sp³-hybridized carbons (Fsp3) is 0.444. The highest BCUT2D eigenvalue weighted by Gasteiger charge is 2.27. The van der Waals surface area contributed by atoms with E-state index in [1.165, 1.54) is 5.56 Å². The van der Waals surface area contributed by atoms with Crippen LogP contribution in [0.3, 0.4) is 0 Å². The Morgan fingerprint density at radius 3 is 2.83 bits per heavy atom. The number of hydrogen-bond donors (Lipinski definition) is 1. The number of para-hydroxylation sites is 1. The number of nitrogens with zero attached hydrogens (tertiary/aromatic N) is 2. The molecular formula is C18H23N3O2. The van der Waals surface area contributed by atoms with Crippen LogP contribution in [0.2, 0.25) is 0 Å². The van der Waals surface area contributed by atoms with Gasteiger partial charge in [0, 0.05) is 23.2 Å². The summed E-state index contributed by atoms with van der Waals surface area (Å²) in [5, 5.41) is 6.82. The Balaban J connectivity index is 1.67. The predicted molar refractivity (Wildman–Crippen MR) is 90.8 cm³/mol. The molecule has 0 aliphatic carbocycles. The van der Waals surface area contributed by atoms with Gasteiger partial charge < -0.3 is 9.42 Å². The van der Waals surface area contributed by atoms with Gasteiger partial charge in [0.2, 0.25) is 11.8 Å². The van der Waals surface area contributed by atoms with Gasteiger partial charge in [0.1, 0.15) is 0 Å². The molecule has 23 heavy (non-hydrogen) atoms. The third-order valence-corrected chi connectivity index (χ3v) is 4.20. The zero-order valence-electron chi connectivity index (χ0n) is 14.1. The van der Waals surface area contributed by atoms with Gasteiger partial charge in [-0.25, -0.2) is 0 Å². The largest absolute Gasteiger partial charge is 0.359 e. The van der Waals surface area contributed by atoms with Crippen molar-refractivity contribution in [2.24, 2.45) is 0 Å². The molecule has 1 aromatic carbocycles. The number of carbonyl (C=O) groups is 1. The molecule has 0 spiro atoms. The summed E-state index contributed by atoms with van der Waals surface area (Å²) < 4.78 is 5.22. The van der Waals surface area contributed by atoms with Crippen molar-refractivity contribution in [2.45, 2.75) is 45.6 Å². The Morgan fingerprint density at radius 1 is 1.39 bits per heavy atom. The van der Waals surface area contributed by atoms with E-state index in [1.807, 2.05) is 12.1 Å². The first kappa shape index (κ1) is 15.6. The van der Waals surface area contributed by atoms with E-state index in [-0.39, 0.29) is 11.3 Å². The first-order chi connectivity index (χ1) is 10.8. The molecule has 1 aromatic heterocycles. The normalized spacial score (nSPS) is 17.2. The van der Waals surface area contributed by atoms with Crippen LogP contribution >= 0.6 is 0 Å². The van der Waals surface area contributed by atoms with Crippen molar-refractivity contribution in [1.82, 2.24) is 5.16 Å². The summed E-state index contributed by atoms with van der Waals surface area (Å²) in [5.74, 6) is 0.310. The Kier molecular flexibility index (Phi) is 3.88. The van der Waals surface area contributed by atoms with Crippen LogP contribution in [-0.2, 0) is 16.6 Å². The second kappa shape index (κ2) is 5.72. The van der Waals surface area contributed by atoms with Gasteiger partial charge in [-0.2, -0.15) is 0 Å². The van der Waals surface area contributed by atoms with E-state index < -0.39 is 0 Å². The van der Waals surface area contributed by atoms with Gasteiger partial charge in [-0.05, 0) is 25.0 Å². The van der Waals surface area contributed by atoms with E-state index in [4.69, 9.17) is 4.52 Å². The molecule has 5 nitrogen and oxygen atoms in total. The van der Waals surface area contributed by atoms with Gasteiger partial charge in [0.05, 0.1) is 12.2 Å². The number of nitrogens with one attached hydrogen (secondary N) is 1. The SMILES string of the molecule is C[C@@H]1Cc2ccccc2N1CC(=O)Nc1cc(C(C)(C)C)no1. The summed E-state index contributed by atoms with van der Waals surface area (Å²) >= 11 is 0. The van der Waals surface area contributed by atoms with Crippen molar-refractivity contribution < 1.29 is 9.32 Å². The maximum absolute atomic E-state index is 12.3. The molecule has 0 radical (unpaired) electrons. The van der Waals surface area contributed by atoms with Gasteiger partial charge in [0.15, 0.2) is 0 Å². The molecule has 0 saturated carbocycles. The Hall–Kier alpha value is -2.30. The minimum absolute atomic E-state index is 0.0924. The van der Waals surface area contributed by atoms with Crippen LogP contribution in [0.5, 0.6) is 0 Å². The molecule has 0 bridgehead atoms. The molecule has 0 saturated heterocycles. The highest BCUT2D eigenvalue weighted by atomic mass is 16.5.